The molecule has 5 nitrogen and oxygen atoms in total. The summed E-state index contributed by atoms with van der Waals surface area (Å²) in [5, 5.41) is 0. The molecule has 1 fully saturated rings. The van der Waals surface area contributed by atoms with Crippen molar-refractivity contribution in [1.82, 2.24) is 15.2 Å². The number of nitrogens with zero attached hydrogens (tertiary/aromatic N) is 3. The first kappa shape index (κ1) is 14.3. The lowest BCUT2D eigenvalue weighted by atomic mass is 10.00. The number of nitrogens with two attached hydrogens (primary N) is 1. The topological polar surface area (TPSA) is 56.9 Å². The van der Waals surface area contributed by atoms with Crippen molar-refractivity contribution in [3.63, 3.8) is 0 Å². The number of hydrogen-bond donors (Lipinski definition) is 2. The molecule has 100 valence electrons. The van der Waals surface area contributed by atoms with Crippen LogP contribution in [-0.2, 0) is 0 Å². The van der Waals surface area contributed by atoms with Gasteiger partial charge in [0.25, 0.3) is 0 Å². The first-order valence-electron chi connectivity index (χ1n) is 6.48. The van der Waals surface area contributed by atoms with Crippen LogP contribution in [0.4, 0.5) is 0 Å². The Morgan fingerprint density at radius 3 is 2.65 bits per heavy atom. The summed E-state index contributed by atoms with van der Waals surface area (Å²) in [5.41, 5.74) is 2.91. The van der Waals surface area contributed by atoms with E-state index in [0.29, 0.717) is 0 Å². The predicted octanol–water partition coefficient (Wildman–Crippen LogP) is 0.632. The second-order valence-electron chi connectivity index (χ2n) is 5.36. The number of nitrogens with one attached hydrogen (secondary N) is 1. The minimum atomic E-state index is 0.167. The molecule has 1 aliphatic rings. The molecule has 0 amide bonds. The first-order chi connectivity index (χ1) is 8.01. The van der Waals surface area contributed by atoms with E-state index >= 15 is 0 Å². The molecule has 1 saturated heterocycles. The predicted molar refractivity (Wildman–Crippen MR) is 72.8 cm³/mol. The van der Waals surface area contributed by atoms with Crippen LogP contribution < -0.4 is 11.3 Å². The minimum Gasteiger partial charge on any atom is -0.339 e. The summed E-state index contributed by atoms with van der Waals surface area (Å²) in [6.07, 6.45) is 2.28. The van der Waals surface area contributed by atoms with Gasteiger partial charge in [-0.15, -0.1) is 0 Å². The Bertz CT molecular complexity index is 262. The van der Waals surface area contributed by atoms with Crippen molar-refractivity contribution >= 4 is 5.96 Å². The normalized spacial score (nSPS) is 21.7. The molecule has 0 aromatic carbocycles. The van der Waals surface area contributed by atoms with E-state index in [9.17, 15) is 0 Å². The third kappa shape index (κ3) is 3.85. The second kappa shape index (κ2) is 6.21. The molecule has 1 aliphatic heterocycles. The van der Waals surface area contributed by atoms with Crippen LogP contribution in [-0.4, -0.2) is 54.5 Å². The second-order valence-corrected chi connectivity index (χ2v) is 5.36. The van der Waals surface area contributed by atoms with E-state index in [4.69, 9.17) is 5.84 Å². The van der Waals surface area contributed by atoms with Gasteiger partial charge in [0, 0.05) is 31.7 Å². The number of hydrogen-bond acceptors (Lipinski definition) is 3. The average Bonchev–Trinajstić information content (AvgIpc) is 2.28. The van der Waals surface area contributed by atoms with Crippen LogP contribution >= 0.6 is 0 Å². The summed E-state index contributed by atoms with van der Waals surface area (Å²) in [7, 11) is 2.17. The van der Waals surface area contributed by atoms with Crippen LogP contribution in [0.2, 0.25) is 0 Å². The van der Waals surface area contributed by atoms with E-state index in [0.717, 1.165) is 45.0 Å². The Morgan fingerprint density at radius 2 is 2.12 bits per heavy atom. The Labute approximate surface area is 105 Å². The summed E-state index contributed by atoms with van der Waals surface area (Å²) >= 11 is 0. The van der Waals surface area contributed by atoms with Gasteiger partial charge in [0.2, 0.25) is 5.96 Å². The molecular formula is C12H27N5. The number of guanidine groups is 1. The van der Waals surface area contributed by atoms with E-state index in [-0.39, 0.29) is 5.54 Å². The van der Waals surface area contributed by atoms with Gasteiger partial charge in [-0.3, -0.25) is 15.3 Å². The fourth-order valence-corrected chi connectivity index (χ4v) is 2.00. The molecule has 17 heavy (non-hydrogen) atoms. The van der Waals surface area contributed by atoms with Gasteiger partial charge in [-0.1, -0.05) is 13.3 Å². The van der Waals surface area contributed by atoms with Gasteiger partial charge in [0.05, 0.1) is 0 Å². The number of hydrazine groups is 1. The van der Waals surface area contributed by atoms with Crippen molar-refractivity contribution in [2.75, 3.05) is 33.2 Å². The van der Waals surface area contributed by atoms with Crippen molar-refractivity contribution in [1.29, 1.82) is 0 Å². The lowest BCUT2D eigenvalue weighted by Crippen LogP contribution is -2.61. The highest BCUT2D eigenvalue weighted by Gasteiger charge is 2.32. The minimum absolute atomic E-state index is 0.167. The van der Waals surface area contributed by atoms with Gasteiger partial charge in [-0.05, 0) is 27.3 Å². The van der Waals surface area contributed by atoms with Crippen LogP contribution in [0.3, 0.4) is 0 Å². The highest BCUT2D eigenvalue weighted by molar-refractivity contribution is 5.79. The van der Waals surface area contributed by atoms with Crippen LogP contribution in [0.15, 0.2) is 4.99 Å². The van der Waals surface area contributed by atoms with Crippen LogP contribution in [0, 0.1) is 0 Å². The highest BCUT2D eigenvalue weighted by atomic mass is 15.4. The van der Waals surface area contributed by atoms with Crippen molar-refractivity contribution in [2.45, 2.75) is 39.2 Å². The molecule has 0 saturated carbocycles. The van der Waals surface area contributed by atoms with Gasteiger partial charge in [-0.25, -0.2) is 5.84 Å². The molecule has 0 aromatic rings. The zero-order chi connectivity index (χ0) is 12.9. The third-order valence-electron chi connectivity index (χ3n) is 3.52. The quantitative estimate of drug-likeness (QED) is 0.250. The zero-order valence-corrected chi connectivity index (χ0v) is 11.7. The molecule has 0 radical (unpaired) electrons. The Morgan fingerprint density at radius 1 is 1.41 bits per heavy atom. The lowest BCUT2D eigenvalue weighted by Gasteiger charge is -2.46. The molecule has 0 spiro atoms. The molecule has 5 heteroatoms. The number of unbranched alkanes of at least 4 members (excludes halogenated alkanes) is 1. The van der Waals surface area contributed by atoms with Crippen LogP contribution in [0.25, 0.3) is 0 Å². The van der Waals surface area contributed by atoms with Crippen molar-refractivity contribution < 1.29 is 0 Å². The monoisotopic (exact) mass is 241 g/mol. The molecule has 1 rings (SSSR count). The summed E-state index contributed by atoms with van der Waals surface area (Å²) < 4.78 is 0. The maximum Gasteiger partial charge on any atom is 0.208 e. The SMILES string of the molecule is CCCCN=C(NN)N1CCN(C)C(C)(C)C1. The van der Waals surface area contributed by atoms with Crippen molar-refractivity contribution in [3.05, 3.63) is 0 Å². The van der Waals surface area contributed by atoms with Crippen LogP contribution in [0.1, 0.15) is 33.6 Å². The summed E-state index contributed by atoms with van der Waals surface area (Å²) in [6.45, 7) is 10.5. The fourth-order valence-electron chi connectivity index (χ4n) is 2.00. The fraction of sp³-hybridized carbons (Fsp3) is 0.917. The molecule has 1 heterocycles. The summed E-state index contributed by atoms with van der Waals surface area (Å²) in [5.74, 6) is 6.41. The molecular weight excluding hydrogens is 214 g/mol. The van der Waals surface area contributed by atoms with Crippen LogP contribution in [0.5, 0.6) is 0 Å². The Balaban J connectivity index is 2.61. The summed E-state index contributed by atoms with van der Waals surface area (Å²) in [4.78, 5) is 9.16. The average molecular weight is 241 g/mol. The van der Waals surface area contributed by atoms with E-state index in [2.05, 4.69) is 48.0 Å². The molecule has 0 aliphatic carbocycles. The molecule has 0 bridgehead atoms. The number of likely N-dealkylation sites (N-methyl/N-ethyl adjacent to an activating group) is 1. The van der Waals surface area contributed by atoms with E-state index < -0.39 is 0 Å². The number of piperazine rings is 1. The number of rotatable bonds is 3. The lowest BCUT2D eigenvalue weighted by molar-refractivity contribution is 0.0725. The van der Waals surface area contributed by atoms with Crippen molar-refractivity contribution in [2.24, 2.45) is 10.8 Å². The Hall–Kier alpha value is -0.810. The van der Waals surface area contributed by atoms with Gasteiger partial charge in [0.1, 0.15) is 0 Å². The Kier molecular flexibility index (Phi) is 5.21. The molecule has 0 unspecified atom stereocenters. The third-order valence-corrected chi connectivity index (χ3v) is 3.52. The molecule has 0 aromatic heterocycles. The van der Waals surface area contributed by atoms with Gasteiger partial charge in [-0.2, -0.15) is 0 Å². The van der Waals surface area contributed by atoms with Gasteiger partial charge in [0.15, 0.2) is 0 Å². The van der Waals surface area contributed by atoms with E-state index in [1.807, 2.05) is 0 Å². The largest absolute Gasteiger partial charge is 0.339 e. The number of aliphatic imine (C=N–C) groups is 1. The zero-order valence-electron chi connectivity index (χ0n) is 11.7. The highest BCUT2D eigenvalue weighted by Crippen LogP contribution is 2.18. The molecule has 0 atom stereocenters. The van der Waals surface area contributed by atoms with Gasteiger partial charge >= 0.3 is 0 Å². The smallest absolute Gasteiger partial charge is 0.208 e. The maximum absolute atomic E-state index is 5.57. The molecule has 3 N–H and O–H groups in total. The standard InChI is InChI=1S/C12H27N5/c1-5-6-7-14-11(15-13)17-9-8-16(4)12(2,3)10-17/h5-10,13H2,1-4H3,(H,14,15). The summed E-state index contributed by atoms with van der Waals surface area (Å²) in [6, 6.07) is 0. The van der Waals surface area contributed by atoms with Crippen molar-refractivity contribution in [3.8, 4) is 0 Å². The van der Waals surface area contributed by atoms with E-state index in [1.54, 1.807) is 0 Å². The maximum atomic E-state index is 5.57. The first-order valence-corrected chi connectivity index (χ1v) is 6.48. The van der Waals surface area contributed by atoms with E-state index in [1.165, 1.54) is 0 Å². The van der Waals surface area contributed by atoms with Gasteiger partial charge < -0.3 is 4.90 Å².